The second-order valence-corrected chi connectivity index (χ2v) is 34.0. The molecule has 391 valence electrons. The molecule has 1 fully saturated rings. The number of furan rings is 1. The van der Waals surface area contributed by atoms with Crippen molar-refractivity contribution in [3.63, 3.8) is 0 Å². The van der Waals surface area contributed by atoms with Gasteiger partial charge in [0.15, 0.2) is 0 Å². The van der Waals surface area contributed by atoms with Crippen molar-refractivity contribution >= 4 is 61.5 Å². The first-order valence-electron chi connectivity index (χ1n) is 27.7. The van der Waals surface area contributed by atoms with Gasteiger partial charge in [0.2, 0.25) is 5.71 Å². The van der Waals surface area contributed by atoms with Crippen molar-refractivity contribution in [3.05, 3.63) is 199 Å². The summed E-state index contributed by atoms with van der Waals surface area (Å²) in [6, 6.07) is 65.2. The number of benzene rings is 7. The van der Waals surface area contributed by atoms with Crippen LogP contribution < -0.4 is 4.40 Å². The molecule has 77 heavy (non-hydrogen) atoms. The first-order valence-corrected chi connectivity index (χ1v) is 35.0. The summed E-state index contributed by atoms with van der Waals surface area (Å²) in [4.78, 5) is 15.4. The van der Waals surface area contributed by atoms with E-state index < -0.39 is 13.3 Å². The molecule has 7 aromatic carbocycles. The van der Waals surface area contributed by atoms with Crippen LogP contribution in [0.25, 0.3) is 94.5 Å². The first-order chi connectivity index (χ1) is 36.7. The van der Waals surface area contributed by atoms with Crippen LogP contribution in [0, 0.1) is 24.0 Å². The van der Waals surface area contributed by atoms with E-state index in [9.17, 15) is 0 Å². The fourth-order valence-corrected chi connectivity index (χ4v) is 14.9. The van der Waals surface area contributed by atoms with Crippen LogP contribution in [-0.2, 0) is 31.9 Å². The molecule has 2 atom stereocenters. The fourth-order valence-electron chi connectivity index (χ4n) is 11.5. The van der Waals surface area contributed by atoms with E-state index in [4.69, 9.17) is 19.4 Å². The largest absolute Gasteiger partial charge is 0 e. The van der Waals surface area contributed by atoms with Crippen molar-refractivity contribution in [2.24, 2.45) is 11.8 Å². The predicted octanol–water partition coefficient (Wildman–Crippen LogP) is 18.5. The number of nitrogens with zero attached hydrogens (tertiary/aromatic N) is 4. The van der Waals surface area contributed by atoms with Crippen molar-refractivity contribution in [1.82, 2.24) is 19.5 Å². The minimum atomic E-state index is -1.87. The number of rotatable bonds is 11. The molecule has 1 radical (unpaired) electrons. The molecule has 12 rings (SSSR count). The maximum absolute atomic E-state index is 6.86. The monoisotopic (exact) mass is 1250 g/mol. The van der Waals surface area contributed by atoms with E-state index in [-0.39, 0.29) is 25.5 Å². The molecule has 0 amide bonds. The van der Waals surface area contributed by atoms with E-state index in [0.29, 0.717) is 17.5 Å². The summed E-state index contributed by atoms with van der Waals surface area (Å²) in [6.45, 7) is 13.8. The fraction of sp³-hybridized carbons (Fsp3) is 0.271. The van der Waals surface area contributed by atoms with Crippen molar-refractivity contribution < 1.29 is 24.5 Å². The topological polar surface area (TPSA) is 56.7 Å². The van der Waals surface area contributed by atoms with Crippen LogP contribution in [-0.4, -0.2) is 32.8 Å². The van der Waals surface area contributed by atoms with Gasteiger partial charge >= 0.3 is 132 Å². The Kier molecular flexibility index (Phi) is 15.8. The summed E-state index contributed by atoms with van der Waals surface area (Å²) < 4.78 is 10.8. The van der Waals surface area contributed by atoms with Gasteiger partial charge in [-0.3, -0.25) is 4.98 Å². The van der Waals surface area contributed by atoms with Gasteiger partial charge in [0, 0.05) is 53.6 Å². The Labute approximate surface area is 472 Å². The van der Waals surface area contributed by atoms with Gasteiger partial charge in [0.25, 0.3) is 0 Å². The molecule has 0 bridgehead atoms. The summed E-state index contributed by atoms with van der Waals surface area (Å²) >= 11 is -1.87. The van der Waals surface area contributed by atoms with Crippen LogP contribution in [0.5, 0.6) is 0 Å². The van der Waals surface area contributed by atoms with Crippen molar-refractivity contribution in [1.29, 1.82) is 0 Å². The van der Waals surface area contributed by atoms with Crippen LogP contribution in [0.2, 0.25) is 17.3 Å². The zero-order chi connectivity index (χ0) is 52.7. The van der Waals surface area contributed by atoms with Crippen LogP contribution >= 0.6 is 0 Å². The van der Waals surface area contributed by atoms with Gasteiger partial charge in [0.05, 0.1) is 28.1 Å². The van der Waals surface area contributed by atoms with E-state index in [2.05, 4.69) is 227 Å². The second kappa shape index (κ2) is 22.5. The molecule has 1 aliphatic carbocycles. The molecule has 11 aromatic rings. The number of pyridine rings is 2. The van der Waals surface area contributed by atoms with Gasteiger partial charge in [-0.2, -0.15) is 0 Å². The summed E-state index contributed by atoms with van der Waals surface area (Å²) in [6.07, 6.45) is 9.72. The molecule has 7 heteroatoms. The van der Waals surface area contributed by atoms with Crippen LogP contribution in [0.1, 0.15) is 96.4 Å². The number of hydrogen-bond donors (Lipinski definition) is 0. The average Bonchev–Trinajstić information content (AvgIpc) is 4.29. The van der Waals surface area contributed by atoms with Gasteiger partial charge in [-0.25, -0.2) is 4.98 Å². The molecule has 0 N–H and O–H groups in total. The Morgan fingerprint density at radius 3 is 2.03 bits per heavy atom. The minimum absolute atomic E-state index is 0. The standard InChI is InChI=1S/C51H44N3O.C19H26GeN.Ir/c1-32(33-16-11-12-17-33)44-29-27-40-39-24-15-25-41(48(39)55-50(40)53-44)49-52-45-28-26-36-22-13-14-23-38(36)47(45)54(49)46-42(34-18-7-5-8-19-34)30-37(51(2,3)4)31-43(46)35-20-9-6-10-21-35;1-6-15(2)12-17-13-19(16-10-8-7-9-11-16)21-14-18(17)20(3,4)5;/h5-10,13-15,18-24,26-33H,11-12,16-17H2,1-4H3;7-10,13-15H,6,12H2,1-5H3;/q2*-1;. The van der Waals surface area contributed by atoms with E-state index in [0.717, 1.165) is 107 Å². The predicted molar refractivity (Wildman–Crippen MR) is 323 cm³/mol. The molecule has 0 spiro atoms. The number of imidazole rings is 1. The third-order valence-electron chi connectivity index (χ3n) is 16.1. The van der Waals surface area contributed by atoms with Crippen molar-refractivity contribution in [3.8, 4) is 50.6 Å². The number of hydrogen-bond acceptors (Lipinski definition) is 4. The summed E-state index contributed by atoms with van der Waals surface area (Å²) in [5.41, 5.74) is 15.8. The zero-order valence-corrected chi connectivity index (χ0v) is 50.7. The van der Waals surface area contributed by atoms with Crippen LogP contribution in [0.3, 0.4) is 0 Å². The Balaban J connectivity index is 0.000000258. The average molecular weight is 1250 g/mol. The number of fused-ring (bicyclic) bond motifs is 6. The third-order valence-corrected chi connectivity index (χ3v) is 20.4. The molecule has 1 saturated carbocycles. The molecule has 0 saturated heterocycles. The maximum atomic E-state index is 6.86. The van der Waals surface area contributed by atoms with Gasteiger partial charge in [-0.1, -0.05) is 142 Å². The zero-order valence-electron chi connectivity index (χ0n) is 46.2. The molecular weight excluding hydrogens is 1180 g/mol. The van der Waals surface area contributed by atoms with Crippen LogP contribution in [0.15, 0.2) is 174 Å². The van der Waals surface area contributed by atoms with Gasteiger partial charge < -0.3 is 8.98 Å². The number of aromatic nitrogens is 4. The Hall–Kier alpha value is -6.44. The molecule has 1 aliphatic rings. The Morgan fingerprint density at radius 1 is 0.701 bits per heavy atom. The molecular formula is C70H70GeIrN4O-2. The van der Waals surface area contributed by atoms with Crippen molar-refractivity contribution in [2.75, 3.05) is 0 Å². The van der Waals surface area contributed by atoms with Gasteiger partial charge in [-0.15, -0.1) is 18.2 Å². The second-order valence-electron chi connectivity index (χ2n) is 23.4. The Bertz CT molecular complexity index is 3780. The Morgan fingerprint density at radius 2 is 1.38 bits per heavy atom. The van der Waals surface area contributed by atoms with Gasteiger partial charge in [-0.05, 0) is 76.6 Å². The normalized spacial score (nSPS) is 13.9. The SMILES string of the molecule is CC(c1ccc2c(n1)oc1c(-c3nc4ccc5ccccc5c4n3-c3c(-c4ccccc4)cc(C(C)(C)C)cc3-c3ccccc3)[c-]ccc12)C1CCCC1.CCC(C)Cc1cc(-c2[c-]cccc2)nc[c]1[Ge]([CH3])([CH3])[CH3].[Ir]. The summed E-state index contributed by atoms with van der Waals surface area (Å²) in [5.74, 6) is 9.93. The van der Waals surface area contributed by atoms with E-state index in [1.54, 1.807) is 4.40 Å². The van der Waals surface area contributed by atoms with E-state index in [1.807, 2.05) is 18.2 Å². The molecule has 0 aliphatic heterocycles. The third kappa shape index (κ3) is 10.9. The molecule has 5 nitrogen and oxygen atoms in total. The summed E-state index contributed by atoms with van der Waals surface area (Å²) in [5, 5.41) is 4.34. The maximum Gasteiger partial charge on any atom is 0 e. The van der Waals surface area contributed by atoms with Gasteiger partial charge in [0.1, 0.15) is 0 Å². The smallest absolute Gasteiger partial charge is 0 e. The molecule has 4 heterocycles. The summed E-state index contributed by atoms with van der Waals surface area (Å²) in [7, 11) is 0. The van der Waals surface area contributed by atoms with E-state index in [1.165, 1.54) is 43.2 Å². The quantitative estimate of drug-likeness (QED) is 0.0956. The van der Waals surface area contributed by atoms with Crippen molar-refractivity contribution in [2.45, 2.75) is 109 Å². The van der Waals surface area contributed by atoms with E-state index >= 15 is 0 Å². The van der Waals surface area contributed by atoms with Crippen LogP contribution in [0.4, 0.5) is 0 Å². The first kappa shape index (κ1) is 53.9. The minimum Gasteiger partial charge on any atom is 0 e. The molecule has 2 unspecified atom stereocenters. The molecule has 4 aromatic heterocycles.